The molecule has 0 aliphatic carbocycles. The van der Waals surface area contributed by atoms with Crippen LogP contribution in [0, 0.1) is 0 Å². The van der Waals surface area contributed by atoms with E-state index in [-0.39, 0.29) is 40.5 Å². The van der Waals surface area contributed by atoms with E-state index in [4.69, 9.17) is 39.5 Å². The van der Waals surface area contributed by atoms with Crippen molar-refractivity contribution in [1.29, 1.82) is 0 Å². The van der Waals surface area contributed by atoms with E-state index in [1.54, 1.807) is 36.4 Å². The van der Waals surface area contributed by atoms with E-state index in [1.807, 2.05) is 44.2 Å². The number of carbonyl (C=O) groups excluding carboxylic acids is 2. The third kappa shape index (κ3) is 9.41. The van der Waals surface area contributed by atoms with Gasteiger partial charge in [0, 0.05) is 34.1 Å². The number of halogens is 3. The Kier molecular flexibility index (Phi) is 12.6. The second-order valence-electron chi connectivity index (χ2n) is 10.9. The fraction of sp³-hybridized carbons (Fsp3) is 0.257. The van der Waals surface area contributed by atoms with E-state index in [0.717, 1.165) is 9.87 Å². The number of nitrogens with zero attached hydrogens (tertiary/aromatic N) is 2. The molecular weight excluding hydrogens is 681 g/mol. The maximum atomic E-state index is 14.6. The first-order valence-electron chi connectivity index (χ1n) is 14.9. The lowest BCUT2D eigenvalue weighted by molar-refractivity contribution is -0.140. The molecule has 4 rings (SSSR count). The van der Waals surface area contributed by atoms with E-state index in [0.29, 0.717) is 27.8 Å². The Morgan fingerprint density at radius 2 is 1.55 bits per heavy atom. The van der Waals surface area contributed by atoms with Crippen LogP contribution in [0.5, 0.6) is 5.75 Å². The van der Waals surface area contributed by atoms with Crippen molar-refractivity contribution in [3.8, 4) is 5.75 Å². The number of benzene rings is 4. The summed E-state index contributed by atoms with van der Waals surface area (Å²) in [4.78, 5) is 29.8. The first kappa shape index (κ1) is 36.1. The molecule has 0 radical (unpaired) electrons. The van der Waals surface area contributed by atoms with Crippen molar-refractivity contribution in [2.24, 2.45) is 0 Å². The lowest BCUT2D eigenvalue weighted by atomic mass is 10.0. The zero-order chi connectivity index (χ0) is 34.1. The van der Waals surface area contributed by atoms with Crippen molar-refractivity contribution in [2.75, 3.05) is 18.0 Å². The Morgan fingerprint density at radius 1 is 0.872 bits per heavy atom. The maximum Gasteiger partial charge on any atom is 0.264 e. The van der Waals surface area contributed by atoms with Crippen LogP contribution in [-0.2, 0) is 32.6 Å². The zero-order valence-corrected chi connectivity index (χ0v) is 29.3. The maximum absolute atomic E-state index is 14.6. The second kappa shape index (κ2) is 16.4. The summed E-state index contributed by atoms with van der Waals surface area (Å²) in [6.07, 6.45) is 0.839. The molecule has 0 fully saturated rings. The number of hydrogen-bond acceptors (Lipinski definition) is 5. The molecule has 0 spiro atoms. The molecule has 0 aromatic heterocycles. The van der Waals surface area contributed by atoms with Gasteiger partial charge in [0.05, 0.1) is 17.7 Å². The number of anilines is 1. The van der Waals surface area contributed by atoms with Gasteiger partial charge in [-0.15, -0.1) is 0 Å². The highest BCUT2D eigenvalue weighted by Gasteiger charge is 2.35. The molecule has 47 heavy (non-hydrogen) atoms. The summed E-state index contributed by atoms with van der Waals surface area (Å²) in [5.41, 5.74) is 1.52. The molecule has 4 aromatic rings. The van der Waals surface area contributed by atoms with Crippen LogP contribution in [0.25, 0.3) is 0 Å². The number of rotatable bonds is 14. The molecule has 0 unspecified atom stereocenters. The molecule has 2 atom stereocenters. The first-order valence-corrected chi connectivity index (χ1v) is 17.5. The van der Waals surface area contributed by atoms with Gasteiger partial charge in [-0.25, -0.2) is 8.42 Å². The Hall–Kier alpha value is -3.76. The summed E-state index contributed by atoms with van der Waals surface area (Å²) in [5, 5.41) is 3.99. The topological polar surface area (TPSA) is 96.0 Å². The van der Waals surface area contributed by atoms with Gasteiger partial charge in [-0.2, -0.15) is 0 Å². The zero-order valence-electron chi connectivity index (χ0n) is 26.2. The standard InChI is InChI=1S/C35H36Cl3N3O5S/c1-4-24(2)39-35(43)33(19-25-9-6-5-7-10-25)40(22-26-13-14-28(37)21-32(26)38)34(42)23-41(29-12-8-11-27(36)20-29)47(44,45)31-17-15-30(46-3)16-18-31/h5-18,20-21,24,33H,4,19,22-23H2,1-3H3,(H,39,43)/t24-,33-/m1/s1. The van der Waals surface area contributed by atoms with Crippen LogP contribution in [0.2, 0.25) is 15.1 Å². The van der Waals surface area contributed by atoms with Gasteiger partial charge in [0.15, 0.2) is 0 Å². The van der Waals surface area contributed by atoms with E-state index in [2.05, 4.69) is 5.32 Å². The van der Waals surface area contributed by atoms with E-state index in [1.165, 1.54) is 42.3 Å². The smallest absolute Gasteiger partial charge is 0.264 e. The molecule has 248 valence electrons. The van der Waals surface area contributed by atoms with Crippen molar-refractivity contribution in [1.82, 2.24) is 10.2 Å². The molecule has 0 saturated carbocycles. The van der Waals surface area contributed by atoms with Gasteiger partial charge in [-0.1, -0.05) is 84.2 Å². The number of hydrogen-bond donors (Lipinski definition) is 1. The molecule has 0 bridgehead atoms. The summed E-state index contributed by atoms with van der Waals surface area (Å²) in [7, 11) is -2.83. The normalized spacial score (nSPS) is 12.6. The highest BCUT2D eigenvalue weighted by Crippen LogP contribution is 2.29. The monoisotopic (exact) mass is 715 g/mol. The number of amides is 2. The average Bonchev–Trinajstić information content (AvgIpc) is 3.06. The van der Waals surface area contributed by atoms with Crippen LogP contribution >= 0.6 is 34.8 Å². The van der Waals surface area contributed by atoms with Crippen molar-refractivity contribution in [3.63, 3.8) is 0 Å². The Labute approximate surface area is 291 Å². The molecule has 0 saturated heterocycles. The number of nitrogens with one attached hydrogen (secondary N) is 1. The molecule has 8 nitrogen and oxygen atoms in total. The minimum atomic E-state index is -4.31. The molecule has 0 aliphatic rings. The quantitative estimate of drug-likeness (QED) is 0.147. The molecule has 1 N–H and O–H groups in total. The molecule has 2 amide bonds. The highest BCUT2D eigenvalue weighted by molar-refractivity contribution is 7.92. The molecule has 0 aliphatic heterocycles. The van der Waals surface area contributed by atoms with Crippen molar-refractivity contribution >= 4 is 62.3 Å². The summed E-state index contributed by atoms with van der Waals surface area (Å²) in [6, 6.07) is 25.1. The van der Waals surface area contributed by atoms with Crippen molar-refractivity contribution < 1.29 is 22.7 Å². The Bertz CT molecular complexity index is 1790. The number of sulfonamides is 1. The molecule has 12 heteroatoms. The summed E-state index contributed by atoms with van der Waals surface area (Å²) in [6.45, 7) is 3.09. The van der Waals surface area contributed by atoms with E-state index >= 15 is 0 Å². The van der Waals surface area contributed by atoms with Gasteiger partial charge < -0.3 is 15.0 Å². The third-order valence-electron chi connectivity index (χ3n) is 7.65. The second-order valence-corrected chi connectivity index (χ2v) is 14.1. The number of methoxy groups -OCH3 is 1. The summed E-state index contributed by atoms with van der Waals surface area (Å²) < 4.78 is 34.6. The predicted octanol–water partition coefficient (Wildman–Crippen LogP) is 7.41. The fourth-order valence-corrected chi connectivity index (χ4v) is 6.92. The Morgan fingerprint density at radius 3 is 2.17 bits per heavy atom. The lowest BCUT2D eigenvalue weighted by Gasteiger charge is -2.34. The summed E-state index contributed by atoms with van der Waals surface area (Å²) >= 11 is 19.0. The molecular formula is C35H36Cl3N3O5S. The van der Waals surface area contributed by atoms with Gasteiger partial charge in [-0.05, 0) is 79.1 Å². The van der Waals surface area contributed by atoms with Gasteiger partial charge in [-0.3, -0.25) is 13.9 Å². The highest BCUT2D eigenvalue weighted by atomic mass is 35.5. The van der Waals surface area contributed by atoms with Gasteiger partial charge >= 0.3 is 0 Å². The van der Waals surface area contributed by atoms with Gasteiger partial charge in [0.25, 0.3) is 10.0 Å². The largest absolute Gasteiger partial charge is 0.497 e. The predicted molar refractivity (Wildman–Crippen MR) is 188 cm³/mol. The van der Waals surface area contributed by atoms with Crippen molar-refractivity contribution in [2.45, 2.75) is 50.2 Å². The third-order valence-corrected chi connectivity index (χ3v) is 10.3. The minimum Gasteiger partial charge on any atom is -0.497 e. The van der Waals surface area contributed by atoms with Crippen LogP contribution in [-0.4, -0.2) is 50.9 Å². The lowest BCUT2D eigenvalue weighted by Crippen LogP contribution is -2.54. The number of ether oxygens (including phenoxy) is 1. The van der Waals surface area contributed by atoms with Gasteiger partial charge in [0.1, 0.15) is 18.3 Å². The van der Waals surface area contributed by atoms with E-state index in [9.17, 15) is 18.0 Å². The number of carbonyl (C=O) groups is 2. The van der Waals surface area contributed by atoms with Crippen LogP contribution in [0.1, 0.15) is 31.4 Å². The van der Waals surface area contributed by atoms with Crippen LogP contribution in [0.15, 0.2) is 102 Å². The Balaban J connectivity index is 1.83. The van der Waals surface area contributed by atoms with Crippen LogP contribution in [0.3, 0.4) is 0 Å². The SMILES string of the molecule is CC[C@@H](C)NC(=O)[C@@H](Cc1ccccc1)N(Cc1ccc(Cl)cc1Cl)C(=O)CN(c1cccc(Cl)c1)S(=O)(=O)c1ccc(OC)cc1. The molecule has 4 aromatic carbocycles. The van der Waals surface area contributed by atoms with Crippen LogP contribution in [0.4, 0.5) is 5.69 Å². The fourth-order valence-electron chi connectivity index (χ4n) is 4.86. The minimum absolute atomic E-state index is 0.0614. The molecule has 0 heterocycles. The van der Waals surface area contributed by atoms with E-state index < -0.39 is 28.5 Å². The average molecular weight is 717 g/mol. The van der Waals surface area contributed by atoms with Crippen molar-refractivity contribution in [3.05, 3.63) is 123 Å². The summed E-state index contributed by atoms with van der Waals surface area (Å²) in [5.74, 6) is -0.543. The first-order chi connectivity index (χ1) is 22.4. The van der Waals surface area contributed by atoms with Crippen LogP contribution < -0.4 is 14.4 Å². The van der Waals surface area contributed by atoms with Gasteiger partial charge in [0.2, 0.25) is 11.8 Å².